The lowest BCUT2D eigenvalue weighted by molar-refractivity contribution is -0.147. The molecule has 1 aromatic rings. The predicted octanol–water partition coefficient (Wildman–Crippen LogP) is 0.600. The molecule has 78 valence electrons. The topological polar surface area (TPSA) is 29.4 Å². The fraction of sp³-hybridized carbons (Fsp3) is 0.200. The molecule has 0 aliphatic carbocycles. The molecule has 1 amide bonds. The lowest BCUT2D eigenvalue weighted by atomic mass is 10.1. The monoisotopic (exact) mass is 213 g/mol. The van der Waals surface area contributed by atoms with E-state index in [2.05, 4.69) is 4.99 Å². The van der Waals surface area contributed by atoms with Gasteiger partial charge in [0.2, 0.25) is 0 Å². The third-order valence-corrected chi connectivity index (χ3v) is 2.12. The summed E-state index contributed by atoms with van der Waals surface area (Å²) in [5.74, 6) is -5.81. The van der Waals surface area contributed by atoms with Gasteiger partial charge in [-0.3, -0.25) is 4.79 Å². The minimum Gasteiger partial charge on any atom is -0.265 e. The Kier molecular flexibility index (Phi) is 2.10. The number of carbonyl (C=O) groups is 1. The van der Waals surface area contributed by atoms with Crippen LogP contribution in [0.4, 0.5) is 13.2 Å². The van der Waals surface area contributed by atoms with E-state index >= 15 is 0 Å². The zero-order valence-electron chi connectivity index (χ0n) is 7.45. The van der Waals surface area contributed by atoms with Crippen molar-refractivity contribution in [3.8, 4) is 0 Å². The van der Waals surface area contributed by atoms with Crippen molar-refractivity contribution >= 4 is 12.0 Å². The summed E-state index contributed by atoms with van der Waals surface area (Å²) in [6, 6.07) is 5.92. The van der Waals surface area contributed by atoms with Crippen molar-refractivity contribution in [2.24, 2.45) is 4.99 Å². The number of hydrogen-bond donors (Lipinski definition) is 0. The van der Waals surface area contributed by atoms with Gasteiger partial charge in [0.05, 0.1) is 5.36 Å². The summed E-state index contributed by atoms with van der Waals surface area (Å²) in [7, 11) is 0. The van der Waals surface area contributed by atoms with E-state index in [0.29, 0.717) is 6.08 Å². The number of carbonyl (C=O) groups excluding carboxylic acids is 1. The van der Waals surface area contributed by atoms with Gasteiger partial charge < -0.3 is 0 Å². The van der Waals surface area contributed by atoms with Gasteiger partial charge in [0.25, 0.3) is 0 Å². The molecule has 0 bridgehead atoms. The molecule has 1 unspecified atom stereocenters. The zero-order valence-corrected chi connectivity index (χ0v) is 7.45. The molecule has 0 saturated carbocycles. The first-order valence-corrected chi connectivity index (χ1v) is 4.24. The molecule has 2 rings (SSSR count). The number of amides is 1. The number of rotatable bonds is 0. The number of nitrogens with zero attached hydrogens (tertiary/aromatic N) is 1. The van der Waals surface area contributed by atoms with Gasteiger partial charge in [0.15, 0.2) is 6.17 Å². The molecule has 5 heteroatoms. The quantitative estimate of drug-likeness (QED) is 0.620. The van der Waals surface area contributed by atoms with Crippen molar-refractivity contribution in [3.63, 3.8) is 0 Å². The van der Waals surface area contributed by atoms with E-state index in [1.807, 2.05) is 0 Å². The molecule has 15 heavy (non-hydrogen) atoms. The maximum atomic E-state index is 13.1. The lowest BCUT2D eigenvalue weighted by Crippen LogP contribution is -2.36. The van der Waals surface area contributed by atoms with Gasteiger partial charge in [-0.1, -0.05) is 18.2 Å². The average Bonchev–Trinajstić information content (AvgIpc) is 2.27. The molecule has 0 N–H and O–H groups in total. The van der Waals surface area contributed by atoms with Crippen LogP contribution in [0.1, 0.15) is 0 Å². The summed E-state index contributed by atoms with van der Waals surface area (Å²) >= 11 is 0. The summed E-state index contributed by atoms with van der Waals surface area (Å²) in [5.41, 5.74) is 0. The van der Waals surface area contributed by atoms with Gasteiger partial charge in [-0.05, 0) is 17.4 Å². The van der Waals surface area contributed by atoms with Crippen LogP contribution in [0, 0.1) is 0 Å². The molecule has 0 saturated heterocycles. The summed E-state index contributed by atoms with van der Waals surface area (Å²) < 4.78 is 39.0. The first kappa shape index (κ1) is 9.89. The Hall–Kier alpha value is -1.65. The molecule has 2 nitrogen and oxygen atoms in total. The van der Waals surface area contributed by atoms with E-state index < -0.39 is 18.0 Å². The Morgan fingerprint density at radius 3 is 2.67 bits per heavy atom. The SMILES string of the molecule is O=C1N=c2ccccc2=CC(F)C1(F)F. The van der Waals surface area contributed by atoms with Crippen LogP contribution in [0.3, 0.4) is 0 Å². The molecular formula is C10H6F3NO. The average molecular weight is 213 g/mol. The highest BCUT2D eigenvalue weighted by atomic mass is 19.3. The van der Waals surface area contributed by atoms with Gasteiger partial charge in [-0.2, -0.15) is 8.78 Å². The van der Waals surface area contributed by atoms with Crippen molar-refractivity contribution in [2.75, 3.05) is 0 Å². The molecule has 1 heterocycles. The summed E-state index contributed by atoms with van der Waals surface area (Å²) in [6.07, 6.45) is -1.92. The molecule has 0 aromatic heterocycles. The van der Waals surface area contributed by atoms with Crippen molar-refractivity contribution in [3.05, 3.63) is 34.8 Å². The number of fused-ring (bicyclic) bond motifs is 1. The van der Waals surface area contributed by atoms with Gasteiger partial charge in [-0.15, -0.1) is 0 Å². The molecule has 0 fully saturated rings. The summed E-state index contributed by atoms with van der Waals surface area (Å²) in [6.45, 7) is 0. The Morgan fingerprint density at radius 1 is 1.27 bits per heavy atom. The molecular weight excluding hydrogens is 207 g/mol. The second-order valence-electron chi connectivity index (χ2n) is 3.17. The van der Waals surface area contributed by atoms with Gasteiger partial charge in [-0.25, -0.2) is 9.38 Å². The molecule has 0 spiro atoms. The van der Waals surface area contributed by atoms with Crippen molar-refractivity contribution in [1.82, 2.24) is 0 Å². The smallest absolute Gasteiger partial charge is 0.265 e. The standard InChI is InChI=1S/C10H6F3NO/c11-8-5-6-3-1-2-4-7(6)14-9(15)10(8,12)13/h1-5,8H. The van der Waals surface area contributed by atoms with Crippen LogP contribution in [0.15, 0.2) is 29.3 Å². The minimum atomic E-state index is -4.07. The van der Waals surface area contributed by atoms with Crippen LogP contribution in [0.5, 0.6) is 0 Å². The number of halogens is 3. The van der Waals surface area contributed by atoms with Crippen LogP contribution in [-0.2, 0) is 4.79 Å². The highest BCUT2D eigenvalue weighted by Gasteiger charge is 2.47. The van der Waals surface area contributed by atoms with Gasteiger partial charge in [0, 0.05) is 0 Å². The Morgan fingerprint density at radius 2 is 1.93 bits per heavy atom. The molecule has 1 aliphatic rings. The lowest BCUT2D eigenvalue weighted by Gasteiger charge is -2.11. The second-order valence-corrected chi connectivity index (χ2v) is 3.17. The molecule has 1 aliphatic heterocycles. The number of benzene rings is 1. The summed E-state index contributed by atoms with van der Waals surface area (Å²) in [4.78, 5) is 14.1. The Balaban J connectivity index is 2.76. The highest BCUT2D eigenvalue weighted by molar-refractivity contribution is 5.86. The van der Waals surface area contributed by atoms with E-state index in [9.17, 15) is 18.0 Å². The van der Waals surface area contributed by atoms with E-state index in [0.717, 1.165) is 0 Å². The van der Waals surface area contributed by atoms with Crippen LogP contribution in [0.2, 0.25) is 0 Å². The predicted molar refractivity (Wildman–Crippen MR) is 46.5 cm³/mol. The van der Waals surface area contributed by atoms with E-state index in [1.54, 1.807) is 12.1 Å². The Labute approximate surface area is 82.7 Å². The molecule has 0 radical (unpaired) electrons. The highest BCUT2D eigenvalue weighted by Crippen LogP contribution is 2.24. The van der Waals surface area contributed by atoms with Crippen LogP contribution in [-0.4, -0.2) is 18.0 Å². The molecule has 1 aromatic carbocycles. The number of alkyl halides is 3. The number of hydrogen-bond acceptors (Lipinski definition) is 1. The zero-order chi connectivity index (χ0) is 11.1. The first-order valence-electron chi connectivity index (χ1n) is 4.24. The Bertz CT molecular complexity index is 524. The third-order valence-electron chi connectivity index (χ3n) is 2.12. The second kappa shape index (κ2) is 3.18. The molecule has 1 atom stereocenters. The first-order chi connectivity index (χ1) is 7.01. The van der Waals surface area contributed by atoms with Gasteiger partial charge in [0.1, 0.15) is 0 Å². The minimum absolute atomic E-state index is 0.0716. The third kappa shape index (κ3) is 1.54. The largest absolute Gasteiger partial charge is 0.360 e. The number of para-hydroxylation sites is 1. The fourth-order valence-electron chi connectivity index (χ4n) is 1.29. The maximum Gasteiger partial charge on any atom is 0.360 e. The summed E-state index contributed by atoms with van der Waals surface area (Å²) in [5, 5.41) is 0.276. The maximum absolute atomic E-state index is 13.1. The van der Waals surface area contributed by atoms with Crippen molar-refractivity contribution in [1.29, 1.82) is 0 Å². The van der Waals surface area contributed by atoms with Crippen LogP contribution in [0.25, 0.3) is 6.08 Å². The van der Waals surface area contributed by atoms with Gasteiger partial charge >= 0.3 is 11.8 Å². The van der Waals surface area contributed by atoms with Crippen molar-refractivity contribution in [2.45, 2.75) is 12.1 Å². The van der Waals surface area contributed by atoms with Crippen LogP contribution >= 0.6 is 0 Å². The van der Waals surface area contributed by atoms with Crippen LogP contribution < -0.4 is 10.6 Å². The van der Waals surface area contributed by atoms with Crippen molar-refractivity contribution < 1.29 is 18.0 Å². The van der Waals surface area contributed by atoms with E-state index in [1.165, 1.54) is 12.1 Å². The van der Waals surface area contributed by atoms with E-state index in [-0.39, 0.29) is 10.6 Å². The normalized spacial score (nSPS) is 23.4. The van der Waals surface area contributed by atoms with E-state index in [4.69, 9.17) is 0 Å². The fourth-order valence-corrected chi connectivity index (χ4v) is 1.29.